The molecule has 2 fully saturated rings. The van der Waals surface area contributed by atoms with E-state index in [0.717, 1.165) is 134 Å². The Balaban J connectivity index is 0.687. The predicted molar refractivity (Wildman–Crippen MR) is 412 cm³/mol. The van der Waals surface area contributed by atoms with Crippen molar-refractivity contribution in [1.29, 1.82) is 0 Å². The first-order chi connectivity index (χ1) is 51.1. The highest BCUT2D eigenvalue weighted by Gasteiger charge is 2.60. The third kappa shape index (κ3) is 19.4. The van der Waals surface area contributed by atoms with Gasteiger partial charge >= 0.3 is 0 Å². The van der Waals surface area contributed by atoms with Crippen LogP contribution >= 0.6 is 23.6 Å². The second-order valence-corrected chi connectivity index (χ2v) is 37.0. The lowest BCUT2D eigenvalue weighted by molar-refractivity contribution is -0.777. The van der Waals surface area contributed by atoms with Crippen LogP contribution in [-0.2, 0) is 68.4 Å². The Morgan fingerprint density at radius 1 is 0.750 bits per heavy atom. The largest absolute Gasteiger partial charge is 0.748 e. The monoisotopic (exact) mass is 1570 g/mol. The van der Waals surface area contributed by atoms with Crippen LogP contribution in [0, 0.1) is 29.6 Å². The minimum atomic E-state index is -4.82. The average molecular weight is 1570 g/mol. The van der Waals surface area contributed by atoms with Crippen molar-refractivity contribution < 1.29 is 72.4 Å². The van der Waals surface area contributed by atoms with E-state index in [9.17, 15) is 53.8 Å². The summed E-state index contributed by atoms with van der Waals surface area (Å²) in [5, 5.41) is 30.4. The van der Waals surface area contributed by atoms with Gasteiger partial charge in [-0.1, -0.05) is 95.5 Å². The number of ether oxygens (including phenoxy) is 1. The van der Waals surface area contributed by atoms with Gasteiger partial charge in [-0.05, 0) is 234 Å². The molecule has 2 amide bonds. The number of hydrogen-bond acceptors (Lipinski definition) is 19. The number of carbonyl (C=O) groups is 2. The molecule has 6 aromatic rings. The molecule has 2 saturated carbocycles. The standard InChI is InChI=1S/C81H102ClN7O15S4/c1-54-47-59(26-35-67(54)82)71-50-68(76(91)85-77-78(2,3)60-40-41-81(77,8)51-60)86-89(71)53-56-24-22-55(23-25-56)52-83-42-13-9-10-14-43-84-74(90)21-12-11-15-44-87-69-36-31-62(105-104-103-92)48-65(69)79(4,5)72(87)38-27-57-19-18-20-58(75(57)102-61-29-32-63(33-30-61)107(96,97)98)28-39-73-80(6,7)66-49-64(108(99,100)101)34-37-70(66)88(73)45-16-17-46-106(93,94)95/h22-27,29-39,47-50,58,60,77,83H,9-21,28,40-46,51-53H2,1-8H3,(H5-,84,85,90,91,92,93,94,95,96,97,98,99,100,101)/p-3/b38-27+,73-39+. The molecule has 1 aromatic heterocycles. The Kier molecular flexibility index (Phi) is 26.0. The van der Waals surface area contributed by atoms with Gasteiger partial charge < -0.3 is 44.5 Å². The topological polar surface area (TPSA) is 317 Å². The molecular formula is C81H99ClN7O15S4-3. The van der Waals surface area contributed by atoms with Crippen LogP contribution in [0.5, 0.6) is 5.75 Å². The molecule has 582 valence electrons. The summed E-state index contributed by atoms with van der Waals surface area (Å²) in [5.41, 5.74) is 9.85. The van der Waals surface area contributed by atoms with Crippen LogP contribution in [0.3, 0.4) is 0 Å². The maximum atomic E-state index is 14.0. The fourth-order valence-electron chi connectivity index (χ4n) is 17.0. The smallest absolute Gasteiger partial charge is 0.272 e. The molecule has 3 aliphatic carbocycles. The Bertz CT molecular complexity index is 4780. The van der Waals surface area contributed by atoms with Crippen molar-refractivity contribution in [3.8, 4) is 17.0 Å². The van der Waals surface area contributed by atoms with Crippen LogP contribution in [-0.4, -0.2) is 109 Å². The molecule has 2 aliphatic heterocycles. The van der Waals surface area contributed by atoms with Crippen molar-refractivity contribution in [2.75, 3.05) is 36.8 Å². The molecule has 11 rings (SSSR count). The number of aryl methyl sites for hydroxylation is 1. The van der Waals surface area contributed by atoms with Crippen molar-refractivity contribution in [1.82, 2.24) is 25.7 Å². The van der Waals surface area contributed by atoms with E-state index in [1.807, 2.05) is 85.0 Å². The molecule has 22 nitrogen and oxygen atoms in total. The number of halogens is 1. The summed E-state index contributed by atoms with van der Waals surface area (Å²) < 4.78 is 123. The van der Waals surface area contributed by atoms with Gasteiger partial charge in [0.25, 0.3) is 5.91 Å². The molecule has 0 spiro atoms. The van der Waals surface area contributed by atoms with E-state index < -0.39 is 51.8 Å². The lowest BCUT2D eigenvalue weighted by Crippen LogP contribution is -2.52. The molecule has 3 N–H and O–H groups in total. The summed E-state index contributed by atoms with van der Waals surface area (Å²) in [5.74, 6) is 0.561. The van der Waals surface area contributed by atoms with Crippen molar-refractivity contribution >= 4 is 82.9 Å². The first kappa shape index (κ1) is 81.9. The summed E-state index contributed by atoms with van der Waals surface area (Å²) in [4.78, 5) is 29.0. The minimum absolute atomic E-state index is 0.0181. The summed E-state index contributed by atoms with van der Waals surface area (Å²) in [6.45, 7) is 20.6. The summed E-state index contributed by atoms with van der Waals surface area (Å²) in [6, 6.07) is 31.7. The number of rotatable bonds is 36. The molecule has 0 saturated heterocycles. The summed E-state index contributed by atoms with van der Waals surface area (Å²) in [6.07, 6.45) is 19.0. The highest BCUT2D eigenvalue weighted by molar-refractivity contribution is 7.94. The summed E-state index contributed by atoms with van der Waals surface area (Å²) in [7, 11) is -14.1. The maximum absolute atomic E-state index is 14.0. The second kappa shape index (κ2) is 34.3. The average Bonchev–Trinajstić information content (AvgIpc) is 1.57. The van der Waals surface area contributed by atoms with Crippen molar-refractivity contribution in [3.63, 3.8) is 0 Å². The molecule has 5 aliphatic rings. The third-order valence-corrected chi connectivity index (χ3v) is 26.3. The first-order valence-corrected chi connectivity index (χ1v) is 43.0. The van der Waals surface area contributed by atoms with Gasteiger partial charge in [0.2, 0.25) is 11.6 Å². The van der Waals surface area contributed by atoms with Gasteiger partial charge in [-0.2, -0.15) is 14.0 Å². The number of benzene rings is 5. The lowest BCUT2D eigenvalue weighted by atomic mass is 9.68. The van der Waals surface area contributed by atoms with E-state index in [-0.39, 0.29) is 52.5 Å². The number of anilines is 1. The van der Waals surface area contributed by atoms with Crippen molar-refractivity contribution in [2.24, 2.45) is 22.7 Å². The molecule has 5 aromatic carbocycles. The fraction of sp³-hybridized carbons (Fsp3) is 0.481. The normalized spacial score (nSPS) is 20.5. The van der Waals surface area contributed by atoms with Gasteiger partial charge in [0.05, 0.1) is 49.6 Å². The molecule has 4 atom stereocenters. The zero-order valence-electron chi connectivity index (χ0n) is 62.8. The van der Waals surface area contributed by atoms with E-state index in [2.05, 4.69) is 90.5 Å². The van der Waals surface area contributed by atoms with Gasteiger partial charge in [0.15, 0.2) is 11.4 Å². The maximum Gasteiger partial charge on any atom is 0.272 e. The van der Waals surface area contributed by atoms with Crippen LogP contribution in [0.2, 0.25) is 5.02 Å². The quantitative estimate of drug-likeness (QED) is 0.00821. The molecular weight excluding hydrogens is 1470 g/mol. The lowest BCUT2D eigenvalue weighted by Gasteiger charge is -2.42. The summed E-state index contributed by atoms with van der Waals surface area (Å²) >= 11 is 7.26. The van der Waals surface area contributed by atoms with Crippen molar-refractivity contribution in [2.45, 2.75) is 209 Å². The van der Waals surface area contributed by atoms with Crippen LogP contribution in [0.1, 0.15) is 196 Å². The zero-order chi connectivity index (χ0) is 77.6. The fourth-order valence-corrected chi connectivity index (χ4v) is 19.0. The van der Waals surface area contributed by atoms with Crippen LogP contribution in [0.25, 0.3) is 11.3 Å². The van der Waals surface area contributed by atoms with Gasteiger partial charge in [-0.25, -0.2) is 25.3 Å². The second-order valence-electron chi connectivity index (χ2n) is 31.5. The molecule has 27 heteroatoms. The minimum Gasteiger partial charge on any atom is -0.748 e. The first-order valence-electron chi connectivity index (χ1n) is 37.4. The zero-order valence-corrected chi connectivity index (χ0v) is 66.8. The Morgan fingerprint density at radius 3 is 2.16 bits per heavy atom. The Hall–Kier alpha value is -7.05. The number of aromatic nitrogens is 2. The number of carbonyl (C=O) groups excluding carboxylic acids is 2. The van der Waals surface area contributed by atoms with Gasteiger partial charge in [-0.3, -0.25) is 19.3 Å². The van der Waals surface area contributed by atoms with E-state index in [1.54, 1.807) is 6.07 Å². The molecule has 108 heavy (non-hydrogen) atoms. The molecule has 4 unspecified atom stereocenters. The third-order valence-electron chi connectivity index (χ3n) is 22.8. The number of fused-ring (bicyclic) bond motifs is 4. The Morgan fingerprint density at radius 2 is 1.46 bits per heavy atom. The van der Waals surface area contributed by atoms with Gasteiger partial charge in [-0.15, -0.1) is 0 Å². The predicted octanol–water partition coefficient (Wildman–Crippen LogP) is 14.0. The van der Waals surface area contributed by atoms with E-state index in [1.165, 1.54) is 48.4 Å². The number of nitrogens with zero attached hydrogens (tertiary/aromatic N) is 4. The SMILES string of the molecule is Cc1cc(-c2cc(C(=O)NC3C4(C)CCC(C4)C3(C)C)nn2Cc2ccc(CNCCCCCCNC(=O)CCCCC[N+]3=C(/C=C/C4=C(Oc5ccc(S(=O)(=O)[O-])cc5)C(C/C=C5/N(CCCCS(=O)(=O)[O-])c6ccc(S(=O)(=O)[O-])cc6C5(C)C)CCC4)C(C)(C)c4cc(SOO[O-])ccc43)cc2)ccc1Cl. The van der Waals surface area contributed by atoms with Crippen LogP contribution in [0.4, 0.5) is 11.4 Å². The van der Waals surface area contributed by atoms with Crippen molar-refractivity contribution in [3.05, 3.63) is 183 Å². The number of amides is 2. The molecule has 3 heterocycles. The van der Waals surface area contributed by atoms with E-state index in [4.69, 9.17) is 25.8 Å². The van der Waals surface area contributed by atoms with E-state index >= 15 is 0 Å². The Labute approximate surface area is 645 Å². The van der Waals surface area contributed by atoms with Crippen LogP contribution < -0.4 is 30.8 Å². The number of hydrogen-bond donors (Lipinski definition) is 3. The number of nitrogens with one attached hydrogen (secondary N) is 3. The highest BCUT2D eigenvalue weighted by atomic mass is 35.5. The van der Waals surface area contributed by atoms with E-state index in [0.29, 0.717) is 102 Å². The van der Waals surface area contributed by atoms with Crippen LogP contribution in [0.15, 0.2) is 159 Å². The van der Waals surface area contributed by atoms with Gasteiger partial charge in [0, 0.05) is 100 Å². The highest BCUT2D eigenvalue weighted by Crippen LogP contribution is 2.62. The molecule has 0 radical (unpaired) electrons. The number of allylic oxidation sites excluding steroid dienone is 6. The molecule has 2 bridgehead atoms. The van der Waals surface area contributed by atoms with Gasteiger partial charge in [0.1, 0.15) is 38.3 Å². The number of unbranched alkanes of at least 4 members (excludes halogenated alkanes) is 6.